The van der Waals surface area contributed by atoms with Gasteiger partial charge in [0, 0.05) is 50.9 Å². The van der Waals surface area contributed by atoms with Crippen LogP contribution in [0.3, 0.4) is 0 Å². The van der Waals surface area contributed by atoms with Crippen molar-refractivity contribution in [1.82, 2.24) is 29.9 Å². The van der Waals surface area contributed by atoms with Crippen LogP contribution in [0.5, 0.6) is 23.0 Å². The minimum atomic E-state index is -0.526. The van der Waals surface area contributed by atoms with Crippen LogP contribution in [-0.4, -0.2) is 52.3 Å². The van der Waals surface area contributed by atoms with E-state index in [0.717, 1.165) is 33.4 Å². The van der Waals surface area contributed by atoms with E-state index in [0.29, 0.717) is 74.6 Å². The highest BCUT2D eigenvalue weighted by atomic mass is 19.1. The molecule has 10 rings (SSSR count). The molecule has 10 nitrogen and oxygen atoms in total. The molecule has 0 aliphatic carbocycles. The molecular weight excluding hydrogens is 919 g/mol. The molecule has 0 saturated carbocycles. The number of benzene rings is 8. The van der Waals surface area contributed by atoms with Crippen molar-refractivity contribution in [2.24, 2.45) is 0 Å². The molecule has 10 aromatic rings. The second-order valence-electron chi connectivity index (χ2n) is 17.9. The summed E-state index contributed by atoms with van der Waals surface area (Å²) in [5.41, 5.74) is 6.57. The monoisotopic (exact) mass is 966 g/mol. The van der Waals surface area contributed by atoms with Crippen LogP contribution in [0.1, 0.15) is 31.4 Å². The van der Waals surface area contributed by atoms with Gasteiger partial charge in [0.2, 0.25) is 0 Å². The summed E-state index contributed by atoms with van der Waals surface area (Å²) in [7, 11) is 0. The molecule has 0 aliphatic heterocycles. The zero-order valence-electron chi connectivity index (χ0n) is 40.3. The topological polar surface area (TPSA) is 136 Å². The van der Waals surface area contributed by atoms with E-state index >= 15 is 8.78 Å². The van der Waals surface area contributed by atoms with Gasteiger partial charge in [-0.1, -0.05) is 121 Å². The predicted molar refractivity (Wildman–Crippen MR) is 281 cm³/mol. The number of phenols is 2. The third kappa shape index (κ3) is 10.5. The normalized spacial score (nSPS) is 12.0. The fraction of sp³-hybridized carbons (Fsp3) is 0.115. The maximum absolute atomic E-state index is 15.3. The molecule has 2 aromatic heterocycles. The molecule has 2 heterocycles. The number of aromatic nitrogens is 6. The minimum Gasteiger partial charge on any atom is -0.507 e. The zero-order valence-corrected chi connectivity index (χ0v) is 40.3. The maximum Gasteiger partial charge on any atom is 0.167 e. The highest BCUT2D eigenvalue weighted by Gasteiger charge is 2.25. The molecule has 2 atom stereocenters. The van der Waals surface area contributed by atoms with Crippen molar-refractivity contribution in [2.75, 3.05) is 0 Å². The Morgan fingerprint density at radius 3 is 0.973 bits per heavy atom. The van der Waals surface area contributed by atoms with Gasteiger partial charge in [0.25, 0.3) is 0 Å². The number of hydrogen-bond acceptors (Lipinski definition) is 10. The van der Waals surface area contributed by atoms with E-state index in [2.05, 4.69) is 0 Å². The number of hydrogen-bond donors (Lipinski definition) is 2. The molecule has 0 unspecified atom stereocenters. The lowest BCUT2D eigenvalue weighted by atomic mass is 9.97. The molecule has 12 heteroatoms. The zero-order chi connectivity index (χ0) is 50.6. The summed E-state index contributed by atoms with van der Waals surface area (Å²) in [6.07, 6.45) is -0.699. The summed E-state index contributed by atoms with van der Waals surface area (Å²) in [6, 6.07) is 53.5. The maximum atomic E-state index is 15.3. The molecule has 0 saturated heterocycles. The lowest BCUT2D eigenvalue weighted by Gasteiger charge is -2.23. The van der Waals surface area contributed by atoms with E-state index in [1.807, 2.05) is 149 Å². The predicted octanol–water partition coefficient (Wildman–Crippen LogP) is 14.3. The number of phenolic OH excluding ortho intramolecular Hbond substituents is 2. The molecule has 8 aromatic carbocycles. The van der Waals surface area contributed by atoms with Crippen LogP contribution < -0.4 is 9.47 Å². The van der Waals surface area contributed by atoms with Gasteiger partial charge in [-0.3, -0.25) is 0 Å². The van der Waals surface area contributed by atoms with Gasteiger partial charge in [0.05, 0.1) is 23.3 Å². The highest BCUT2D eigenvalue weighted by Crippen LogP contribution is 2.45. The lowest BCUT2D eigenvalue weighted by Crippen LogP contribution is -2.23. The van der Waals surface area contributed by atoms with E-state index in [1.165, 1.54) is 36.4 Å². The van der Waals surface area contributed by atoms with Crippen molar-refractivity contribution < 1.29 is 28.5 Å². The van der Waals surface area contributed by atoms with Crippen molar-refractivity contribution >= 4 is 0 Å². The van der Waals surface area contributed by atoms with Gasteiger partial charge >= 0.3 is 0 Å². The first-order valence-corrected chi connectivity index (χ1v) is 23.8. The molecule has 2 N–H and O–H groups in total. The number of aryl methyl sites for hydroxylation is 2. The molecule has 0 radical (unpaired) electrons. The van der Waals surface area contributed by atoms with E-state index < -0.39 is 23.8 Å². The number of nitrogens with zero attached hydrogens (tertiary/aromatic N) is 6. The van der Waals surface area contributed by atoms with Crippen LogP contribution in [0.15, 0.2) is 182 Å². The van der Waals surface area contributed by atoms with Gasteiger partial charge in [-0.25, -0.2) is 38.7 Å². The van der Waals surface area contributed by atoms with E-state index in [9.17, 15) is 10.2 Å². The molecule has 0 fully saturated rings. The molecule has 360 valence electrons. The summed E-state index contributed by atoms with van der Waals surface area (Å²) < 4.78 is 43.7. The van der Waals surface area contributed by atoms with Crippen LogP contribution in [0.2, 0.25) is 0 Å². The van der Waals surface area contributed by atoms with Crippen molar-refractivity contribution in [1.29, 1.82) is 0 Å². The fourth-order valence-electron chi connectivity index (χ4n) is 8.80. The molecule has 0 bridgehead atoms. The Bertz CT molecular complexity index is 3250. The van der Waals surface area contributed by atoms with Gasteiger partial charge in [-0.2, -0.15) is 0 Å². The second kappa shape index (κ2) is 20.7. The van der Waals surface area contributed by atoms with Crippen LogP contribution in [0.25, 0.3) is 90.6 Å². The molecule has 0 aliphatic rings. The SMILES string of the molecule is Cc1cc(-c2nc(-c3ccccc3)nc(-c3ccccc3)n2)c(O)c(-c2cc(F)ccc2O[C@H](C)C[C@H](C)Oc2ccc(F)cc2-c2cc(C)cc(-c3nc(-c4ccccc4)nc(-c4ccccc4)n3)c2O)c1. The van der Waals surface area contributed by atoms with Gasteiger partial charge in [0.15, 0.2) is 34.9 Å². The largest absolute Gasteiger partial charge is 0.507 e. The molecule has 73 heavy (non-hydrogen) atoms. The van der Waals surface area contributed by atoms with Gasteiger partial charge in [-0.15, -0.1) is 0 Å². The standard InChI is InChI=1S/C61H48F2N6O4/c1-36-29-48(54(70)50(31-36)60-66-56(40-17-9-5-10-18-40)64-57(67-60)41-19-11-6-12-20-41)46-34-44(62)25-27-52(46)72-38(3)33-39(4)73-53-28-26-45(63)35-47(53)49-30-37(2)32-51(55(49)71)61-68-58(42-21-13-7-14-22-42)65-59(69-61)43-23-15-8-16-24-43/h5-32,34-35,38-39,70-71H,33H2,1-4H3/t38-,39+. The van der Waals surface area contributed by atoms with Crippen molar-refractivity contribution in [3.8, 4) is 114 Å². The van der Waals surface area contributed by atoms with Crippen LogP contribution in [0.4, 0.5) is 8.78 Å². The number of rotatable bonds is 14. The first-order valence-electron chi connectivity index (χ1n) is 23.8. The Hall–Kier alpha value is -9.16. The molecule has 0 spiro atoms. The lowest BCUT2D eigenvalue weighted by molar-refractivity contribution is 0.131. The Morgan fingerprint density at radius 2 is 0.658 bits per heavy atom. The third-order valence-electron chi connectivity index (χ3n) is 12.2. The second-order valence-corrected chi connectivity index (χ2v) is 17.9. The summed E-state index contributed by atoms with van der Waals surface area (Å²) in [5.74, 6) is 1.45. The summed E-state index contributed by atoms with van der Waals surface area (Å²) >= 11 is 0. The smallest absolute Gasteiger partial charge is 0.167 e. The van der Waals surface area contributed by atoms with Crippen molar-refractivity contribution in [2.45, 2.75) is 46.3 Å². The van der Waals surface area contributed by atoms with Crippen molar-refractivity contribution in [3.05, 3.63) is 205 Å². The first kappa shape index (κ1) is 47.5. The average Bonchev–Trinajstić information content (AvgIpc) is 3.41. The molecular formula is C61H48F2N6O4. The van der Waals surface area contributed by atoms with E-state index in [1.54, 1.807) is 24.3 Å². The summed E-state index contributed by atoms with van der Waals surface area (Å²) in [6.45, 7) is 7.48. The van der Waals surface area contributed by atoms with Crippen LogP contribution >= 0.6 is 0 Å². The average molecular weight is 967 g/mol. The molecule has 0 amide bonds. The number of halogens is 2. The fourth-order valence-corrected chi connectivity index (χ4v) is 8.80. The first-order chi connectivity index (χ1) is 35.4. The Balaban J connectivity index is 0.938. The van der Waals surface area contributed by atoms with Crippen LogP contribution in [-0.2, 0) is 0 Å². The minimum absolute atomic E-state index is 0.162. The van der Waals surface area contributed by atoms with Gasteiger partial charge < -0.3 is 19.7 Å². The number of aromatic hydroxyl groups is 2. The van der Waals surface area contributed by atoms with Gasteiger partial charge in [-0.05, 0) is 99.5 Å². The quantitative estimate of drug-likeness (QED) is 0.108. The summed E-state index contributed by atoms with van der Waals surface area (Å²) in [5, 5.41) is 24.3. The van der Waals surface area contributed by atoms with E-state index in [4.69, 9.17) is 39.4 Å². The third-order valence-corrected chi connectivity index (χ3v) is 12.2. The van der Waals surface area contributed by atoms with Crippen molar-refractivity contribution in [3.63, 3.8) is 0 Å². The summed E-state index contributed by atoms with van der Waals surface area (Å²) in [4.78, 5) is 28.9. The Morgan fingerprint density at radius 1 is 0.370 bits per heavy atom. The highest BCUT2D eigenvalue weighted by molar-refractivity contribution is 5.86. The number of ether oxygens (including phenoxy) is 2. The Labute approximate surface area is 421 Å². The Kier molecular flexibility index (Phi) is 13.4. The van der Waals surface area contributed by atoms with Gasteiger partial charge in [0.1, 0.15) is 34.6 Å². The van der Waals surface area contributed by atoms with Crippen LogP contribution in [0, 0.1) is 25.5 Å². The van der Waals surface area contributed by atoms with E-state index in [-0.39, 0.29) is 23.1 Å².